The first kappa shape index (κ1) is 17.5. The van der Waals surface area contributed by atoms with Gasteiger partial charge in [0.05, 0.1) is 11.6 Å². The van der Waals surface area contributed by atoms with Crippen LogP contribution >= 0.6 is 7.75 Å². The quantitative estimate of drug-likeness (QED) is 0.470. The average molecular weight is 337 g/mol. The van der Waals surface area contributed by atoms with E-state index in [-0.39, 0.29) is 17.2 Å². The maximum absolute atomic E-state index is 11.0. The van der Waals surface area contributed by atoms with Gasteiger partial charge in [-0.1, -0.05) is 24.6 Å². The Labute approximate surface area is 134 Å². The second kappa shape index (κ2) is 7.59. The van der Waals surface area contributed by atoms with Crippen LogP contribution in [-0.2, 0) is 11.0 Å². The van der Waals surface area contributed by atoms with E-state index in [2.05, 4.69) is 4.76 Å². The molecule has 1 aromatic carbocycles. The zero-order valence-corrected chi connectivity index (χ0v) is 13.4. The molecule has 0 amide bonds. The minimum absolute atomic E-state index is 0.0667. The molecule has 1 aliphatic rings. The van der Waals surface area contributed by atoms with Crippen LogP contribution in [0.25, 0.3) is 0 Å². The standard InChI is InChI=1S/C16H20NO5P/c18-13-7-3-6-12(11-13)5-1-2-8-14-15(17-23(20,21)22)9-4-10-16(14)19/h3-4,6-7,9-11,14,18-19H,1-2,5,8H2,(H2,20,21,22). The van der Waals surface area contributed by atoms with Crippen LogP contribution in [0.3, 0.4) is 0 Å². The van der Waals surface area contributed by atoms with Crippen LogP contribution in [0.2, 0.25) is 0 Å². The predicted molar refractivity (Wildman–Crippen MR) is 88.5 cm³/mol. The predicted octanol–water partition coefficient (Wildman–Crippen LogP) is 3.27. The lowest BCUT2D eigenvalue weighted by atomic mass is 9.90. The van der Waals surface area contributed by atoms with E-state index in [0.717, 1.165) is 24.8 Å². The van der Waals surface area contributed by atoms with Crippen LogP contribution in [0.15, 0.2) is 53.0 Å². The maximum Gasteiger partial charge on any atom is 0.448 e. The fraction of sp³-hybridized carbons (Fsp3) is 0.312. The molecule has 124 valence electrons. The van der Waals surface area contributed by atoms with E-state index in [9.17, 15) is 14.8 Å². The van der Waals surface area contributed by atoms with Gasteiger partial charge in [-0.25, -0.2) is 4.57 Å². The Morgan fingerprint density at radius 2 is 1.96 bits per heavy atom. The first-order valence-electron chi connectivity index (χ1n) is 7.36. The highest BCUT2D eigenvalue weighted by Crippen LogP contribution is 2.38. The van der Waals surface area contributed by atoms with Gasteiger partial charge < -0.3 is 20.0 Å². The monoisotopic (exact) mass is 337 g/mol. The Hall–Kier alpha value is -1.88. The lowest BCUT2D eigenvalue weighted by Gasteiger charge is -2.19. The van der Waals surface area contributed by atoms with Gasteiger partial charge in [-0.15, -0.1) is 0 Å². The molecule has 1 unspecified atom stereocenters. The van der Waals surface area contributed by atoms with Gasteiger partial charge in [0, 0.05) is 0 Å². The van der Waals surface area contributed by atoms with Crippen LogP contribution in [0, 0.1) is 5.92 Å². The number of aliphatic hydroxyl groups excluding tert-OH is 1. The molecule has 1 aliphatic carbocycles. The molecule has 4 N–H and O–H groups in total. The molecule has 6 nitrogen and oxygen atoms in total. The number of aromatic hydroxyl groups is 1. The second-order valence-electron chi connectivity index (χ2n) is 5.46. The SMILES string of the molecule is O=P(O)(O)N=C1C=CC=C(O)C1CCCCc1cccc(O)c1. The summed E-state index contributed by atoms with van der Waals surface area (Å²) in [5.74, 6) is -0.189. The van der Waals surface area contributed by atoms with Crippen molar-refractivity contribution in [2.24, 2.45) is 10.7 Å². The minimum atomic E-state index is -4.52. The molecule has 0 bridgehead atoms. The van der Waals surface area contributed by atoms with Gasteiger partial charge in [-0.2, -0.15) is 4.76 Å². The average Bonchev–Trinajstić information content (AvgIpc) is 2.44. The molecule has 0 fully saturated rings. The molecule has 1 aromatic rings. The van der Waals surface area contributed by atoms with E-state index < -0.39 is 13.7 Å². The fourth-order valence-electron chi connectivity index (χ4n) is 2.57. The summed E-state index contributed by atoms with van der Waals surface area (Å²) >= 11 is 0. The van der Waals surface area contributed by atoms with Crippen molar-refractivity contribution < 1.29 is 24.6 Å². The molecule has 7 heteroatoms. The summed E-state index contributed by atoms with van der Waals surface area (Å²) in [4.78, 5) is 18.0. The third-order valence-electron chi connectivity index (χ3n) is 3.61. The van der Waals surface area contributed by atoms with Crippen molar-refractivity contribution in [1.29, 1.82) is 0 Å². The molecule has 1 atom stereocenters. The largest absolute Gasteiger partial charge is 0.512 e. The third-order valence-corrected chi connectivity index (χ3v) is 4.10. The molecule has 0 aromatic heterocycles. The third kappa shape index (κ3) is 5.67. The summed E-state index contributed by atoms with van der Waals surface area (Å²) in [7, 11) is -4.52. The number of phenolic OH excluding ortho intramolecular Hbond substituents is 1. The number of phenols is 1. The topological polar surface area (TPSA) is 110 Å². The Balaban J connectivity index is 1.92. The number of benzene rings is 1. The molecule has 2 rings (SSSR count). The number of nitrogens with zero attached hydrogens (tertiary/aromatic N) is 1. The van der Waals surface area contributed by atoms with Gasteiger partial charge in [0.2, 0.25) is 0 Å². The van der Waals surface area contributed by atoms with Crippen molar-refractivity contribution in [2.75, 3.05) is 0 Å². The van der Waals surface area contributed by atoms with Crippen LogP contribution in [0.1, 0.15) is 24.8 Å². The Kier molecular flexibility index (Phi) is 5.77. The second-order valence-corrected chi connectivity index (χ2v) is 6.68. The van der Waals surface area contributed by atoms with E-state index in [1.54, 1.807) is 18.2 Å². The van der Waals surface area contributed by atoms with Crippen LogP contribution in [0.5, 0.6) is 5.75 Å². The Morgan fingerprint density at radius 3 is 2.65 bits per heavy atom. The van der Waals surface area contributed by atoms with Gasteiger partial charge in [-0.05, 0) is 49.1 Å². The van der Waals surface area contributed by atoms with Crippen molar-refractivity contribution in [2.45, 2.75) is 25.7 Å². The molecule has 0 radical (unpaired) electrons. The number of allylic oxidation sites excluding steroid dienone is 4. The molecule has 0 heterocycles. The molecule has 0 spiro atoms. The Bertz CT molecular complexity index is 689. The summed E-state index contributed by atoms with van der Waals surface area (Å²) in [6.07, 6.45) is 7.47. The highest BCUT2D eigenvalue weighted by Gasteiger charge is 2.24. The highest BCUT2D eigenvalue weighted by molar-refractivity contribution is 7.50. The van der Waals surface area contributed by atoms with Crippen LogP contribution in [0.4, 0.5) is 0 Å². The number of rotatable bonds is 6. The highest BCUT2D eigenvalue weighted by atomic mass is 31.2. The van der Waals surface area contributed by atoms with E-state index in [1.165, 1.54) is 18.2 Å². The smallest absolute Gasteiger partial charge is 0.448 e. The number of hydrogen-bond acceptors (Lipinski definition) is 3. The summed E-state index contributed by atoms with van der Waals surface area (Å²) < 4.78 is 14.5. The molecular formula is C16H20NO5P. The summed E-state index contributed by atoms with van der Waals surface area (Å²) in [5.41, 5.74) is 1.23. The lowest BCUT2D eigenvalue weighted by molar-refractivity contribution is 0.351. The van der Waals surface area contributed by atoms with Crippen molar-refractivity contribution in [1.82, 2.24) is 0 Å². The van der Waals surface area contributed by atoms with Gasteiger partial charge in [0.25, 0.3) is 0 Å². The lowest BCUT2D eigenvalue weighted by Crippen LogP contribution is -2.17. The molecule has 0 saturated heterocycles. The van der Waals surface area contributed by atoms with Gasteiger partial charge in [0.15, 0.2) is 0 Å². The van der Waals surface area contributed by atoms with E-state index in [0.29, 0.717) is 6.42 Å². The first-order chi connectivity index (χ1) is 10.8. The normalized spacial score (nSPS) is 19.8. The molecule has 23 heavy (non-hydrogen) atoms. The molecular weight excluding hydrogens is 317 g/mol. The summed E-state index contributed by atoms with van der Waals surface area (Å²) in [6.45, 7) is 0. The van der Waals surface area contributed by atoms with Crippen LogP contribution in [-0.4, -0.2) is 25.7 Å². The zero-order chi connectivity index (χ0) is 16.9. The summed E-state index contributed by atoms with van der Waals surface area (Å²) in [6, 6.07) is 7.05. The fourth-order valence-corrected chi connectivity index (χ4v) is 3.07. The van der Waals surface area contributed by atoms with Gasteiger partial charge in [0.1, 0.15) is 11.5 Å². The van der Waals surface area contributed by atoms with E-state index >= 15 is 0 Å². The first-order valence-corrected chi connectivity index (χ1v) is 8.92. The van der Waals surface area contributed by atoms with Crippen molar-refractivity contribution in [3.63, 3.8) is 0 Å². The minimum Gasteiger partial charge on any atom is -0.512 e. The van der Waals surface area contributed by atoms with Crippen molar-refractivity contribution in [3.8, 4) is 5.75 Å². The molecule has 0 aliphatic heterocycles. The number of hydrogen-bond donors (Lipinski definition) is 4. The molecule has 0 saturated carbocycles. The number of aliphatic hydroxyl groups is 1. The van der Waals surface area contributed by atoms with Gasteiger partial charge >= 0.3 is 7.75 Å². The van der Waals surface area contributed by atoms with E-state index in [1.807, 2.05) is 6.07 Å². The number of unbranched alkanes of at least 4 members (excludes halogenated alkanes) is 1. The Morgan fingerprint density at radius 1 is 1.17 bits per heavy atom. The number of aryl methyl sites for hydroxylation is 1. The van der Waals surface area contributed by atoms with Crippen molar-refractivity contribution in [3.05, 3.63) is 53.8 Å². The van der Waals surface area contributed by atoms with E-state index in [4.69, 9.17) is 9.79 Å². The summed E-state index contributed by atoms with van der Waals surface area (Å²) in [5, 5.41) is 19.3. The van der Waals surface area contributed by atoms with Crippen LogP contribution < -0.4 is 0 Å². The zero-order valence-electron chi connectivity index (χ0n) is 12.5. The maximum atomic E-state index is 11.0. The van der Waals surface area contributed by atoms with Crippen molar-refractivity contribution >= 4 is 13.5 Å². The van der Waals surface area contributed by atoms with Gasteiger partial charge in [-0.3, -0.25) is 0 Å².